The zero-order valence-electron chi connectivity index (χ0n) is 19.4. The van der Waals surface area contributed by atoms with Crippen molar-refractivity contribution < 1.29 is 28.6 Å². The van der Waals surface area contributed by atoms with Gasteiger partial charge in [-0.05, 0) is 36.8 Å². The lowest BCUT2D eigenvalue weighted by atomic mass is 9.95. The molecule has 182 valence electrons. The first-order chi connectivity index (χ1) is 17.2. The topological polar surface area (TPSA) is 110 Å². The number of aliphatic hydroxyl groups is 1. The quantitative estimate of drug-likeness (QED) is 0.316. The summed E-state index contributed by atoms with van der Waals surface area (Å²) < 4.78 is 11.1. The number of Topliss-reactive ketones (excluding diaryl/α,β-unsaturated/α-hetero) is 2. The molecule has 10 heteroatoms. The van der Waals surface area contributed by atoms with Crippen LogP contribution >= 0.6 is 22.9 Å². The average molecular weight is 523 g/mol. The van der Waals surface area contributed by atoms with Crippen LogP contribution in [0.5, 0.6) is 5.75 Å². The van der Waals surface area contributed by atoms with E-state index in [4.69, 9.17) is 20.8 Å². The third-order valence-electron chi connectivity index (χ3n) is 5.88. The number of fused-ring (bicyclic) bond motifs is 1. The van der Waals surface area contributed by atoms with Crippen LogP contribution in [0.1, 0.15) is 44.4 Å². The van der Waals surface area contributed by atoms with Crippen LogP contribution in [0.25, 0.3) is 11.0 Å². The maximum atomic E-state index is 13.8. The Morgan fingerprint density at radius 1 is 1.19 bits per heavy atom. The van der Waals surface area contributed by atoms with E-state index in [9.17, 15) is 19.5 Å². The van der Waals surface area contributed by atoms with Crippen LogP contribution in [0.3, 0.4) is 0 Å². The number of rotatable bonds is 6. The minimum atomic E-state index is -1.05. The van der Waals surface area contributed by atoms with Crippen LogP contribution in [0.15, 0.2) is 64.3 Å². The normalized spacial score (nSPS) is 15.7. The minimum absolute atomic E-state index is 0.0718. The van der Waals surface area contributed by atoms with Gasteiger partial charge in [-0.1, -0.05) is 47.2 Å². The molecule has 4 aromatic rings. The highest BCUT2D eigenvalue weighted by Gasteiger charge is 2.47. The number of ether oxygens (including phenoxy) is 1. The Balaban J connectivity index is 1.67. The zero-order valence-corrected chi connectivity index (χ0v) is 20.9. The Kier molecular flexibility index (Phi) is 5.89. The Morgan fingerprint density at radius 3 is 2.61 bits per heavy atom. The molecule has 0 aliphatic carbocycles. The van der Waals surface area contributed by atoms with Gasteiger partial charge >= 0.3 is 0 Å². The van der Waals surface area contributed by atoms with E-state index in [-0.39, 0.29) is 22.2 Å². The number of para-hydroxylation sites is 1. The Hall–Kier alpha value is -3.95. The third kappa shape index (κ3) is 3.77. The summed E-state index contributed by atoms with van der Waals surface area (Å²) in [5, 5.41) is 12.1. The number of methoxy groups -OCH3 is 1. The van der Waals surface area contributed by atoms with Crippen molar-refractivity contribution in [3.8, 4) is 5.75 Å². The van der Waals surface area contributed by atoms with Gasteiger partial charge in [-0.3, -0.25) is 19.3 Å². The lowest BCUT2D eigenvalue weighted by Crippen LogP contribution is -2.31. The van der Waals surface area contributed by atoms with Crippen LogP contribution in [0, 0.1) is 6.92 Å². The first kappa shape index (κ1) is 23.8. The number of halogens is 1. The Morgan fingerprint density at radius 2 is 1.94 bits per heavy atom. The molecule has 0 spiro atoms. The van der Waals surface area contributed by atoms with E-state index >= 15 is 0 Å². The van der Waals surface area contributed by atoms with Crippen molar-refractivity contribution in [2.75, 3.05) is 12.0 Å². The molecule has 1 N–H and O–H groups in total. The van der Waals surface area contributed by atoms with Gasteiger partial charge in [0.25, 0.3) is 5.91 Å². The highest BCUT2D eigenvalue weighted by molar-refractivity contribution is 7.17. The Bertz CT molecular complexity index is 1600. The van der Waals surface area contributed by atoms with Crippen LogP contribution in [-0.4, -0.2) is 34.7 Å². The summed E-state index contributed by atoms with van der Waals surface area (Å²) in [5.74, 6) is -2.05. The van der Waals surface area contributed by atoms with E-state index in [2.05, 4.69) is 4.98 Å². The summed E-state index contributed by atoms with van der Waals surface area (Å²) in [6.07, 6.45) is 0. The van der Waals surface area contributed by atoms with Crippen molar-refractivity contribution in [3.63, 3.8) is 0 Å². The number of furan rings is 1. The highest BCUT2D eigenvalue weighted by Crippen LogP contribution is 2.44. The molecule has 0 bridgehead atoms. The summed E-state index contributed by atoms with van der Waals surface area (Å²) in [6.45, 7) is 3.07. The number of aliphatic hydroxyl groups excluding tert-OH is 1. The van der Waals surface area contributed by atoms with Crippen LogP contribution in [0.2, 0.25) is 5.02 Å². The second-order valence-corrected chi connectivity index (χ2v) is 9.59. The molecule has 1 unspecified atom stereocenters. The summed E-state index contributed by atoms with van der Waals surface area (Å²) >= 11 is 7.25. The number of ketones is 2. The van der Waals surface area contributed by atoms with Gasteiger partial charge in [0.15, 0.2) is 33.8 Å². The largest absolute Gasteiger partial charge is 0.503 e. The molecule has 3 heterocycles. The minimum Gasteiger partial charge on any atom is -0.503 e. The van der Waals surface area contributed by atoms with Crippen LogP contribution < -0.4 is 9.64 Å². The molecule has 0 saturated carbocycles. The molecule has 0 radical (unpaired) electrons. The number of thiazole rings is 1. The Labute approximate surface area is 214 Å². The van der Waals surface area contributed by atoms with Crippen molar-refractivity contribution in [2.45, 2.75) is 19.9 Å². The smallest absolute Gasteiger partial charge is 0.296 e. The maximum Gasteiger partial charge on any atom is 0.296 e. The molecular formula is C26H19ClN2O6S. The number of carbonyl (C=O) groups excluding carboxylic acids is 3. The van der Waals surface area contributed by atoms with Crippen molar-refractivity contribution in [1.82, 2.24) is 4.98 Å². The predicted octanol–water partition coefficient (Wildman–Crippen LogP) is 5.85. The molecule has 1 aliphatic rings. The predicted molar refractivity (Wildman–Crippen MR) is 135 cm³/mol. The average Bonchev–Trinajstić information content (AvgIpc) is 3.52. The lowest BCUT2D eigenvalue weighted by Gasteiger charge is -2.24. The van der Waals surface area contributed by atoms with Gasteiger partial charge in [-0.2, -0.15) is 0 Å². The molecule has 1 atom stereocenters. The fraction of sp³-hybridized carbons (Fsp3) is 0.154. The molecule has 2 aromatic heterocycles. The van der Waals surface area contributed by atoms with Crippen molar-refractivity contribution in [3.05, 3.63) is 86.8 Å². The second kappa shape index (κ2) is 8.92. The molecule has 1 aliphatic heterocycles. The monoisotopic (exact) mass is 522 g/mol. The van der Waals surface area contributed by atoms with E-state index < -0.39 is 23.5 Å². The van der Waals surface area contributed by atoms with E-state index in [0.717, 1.165) is 11.3 Å². The number of nitrogens with zero attached hydrogens (tertiary/aromatic N) is 2. The van der Waals surface area contributed by atoms with Gasteiger partial charge < -0.3 is 14.3 Å². The second-order valence-electron chi connectivity index (χ2n) is 8.18. The fourth-order valence-corrected chi connectivity index (χ4v) is 5.47. The highest BCUT2D eigenvalue weighted by atomic mass is 35.5. The van der Waals surface area contributed by atoms with E-state index in [1.165, 1.54) is 25.0 Å². The SMILES string of the molecule is COc1cccc2cc(C(=O)C3=C(O)C(=O)N(c4nc(C)c(C(C)=O)s4)C3c3cccc(Cl)c3)oc12. The van der Waals surface area contributed by atoms with Crippen LogP contribution in [0.4, 0.5) is 5.13 Å². The molecule has 36 heavy (non-hydrogen) atoms. The number of hydrogen-bond donors (Lipinski definition) is 1. The van der Waals surface area contributed by atoms with Gasteiger partial charge in [0.05, 0.1) is 29.3 Å². The van der Waals surface area contributed by atoms with Crippen molar-refractivity contribution >= 4 is 56.5 Å². The third-order valence-corrected chi connectivity index (χ3v) is 7.37. The van der Waals surface area contributed by atoms with E-state index in [1.807, 2.05) is 0 Å². The first-order valence-electron chi connectivity index (χ1n) is 10.8. The first-order valence-corrected chi connectivity index (χ1v) is 12.0. The number of hydrogen-bond acceptors (Lipinski definition) is 8. The number of amides is 1. The molecule has 5 rings (SSSR count). The number of anilines is 1. The number of carbonyl (C=O) groups is 3. The summed E-state index contributed by atoms with van der Waals surface area (Å²) in [7, 11) is 1.49. The fourth-order valence-electron chi connectivity index (χ4n) is 4.28. The molecular weight excluding hydrogens is 504 g/mol. The summed E-state index contributed by atoms with van der Waals surface area (Å²) in [6, 6.07) is 12.3. The standard InChI is InChI=1S/C26H19ClN2O6S/c1-12-24(13(2)30)36-26(28-12)29-20(14-6-4-8-16(27)10-14)19(22(32)25(29)33)21(31)18-11-15-7-5-9-17(34-3)23(15)35-18/h4-11,20,32H,1-3H3. The number of benzene rings is 2. The van der Waals surface area contributed by atoms with E-state index in [0.29, 0.717) is 37.9 Å². The van der Waals surface area contributed by atoms with Gasteiger partial charge in [-0.15, -0.1) is 0 Å². The zero-order chi connectivity index (χ0) is 25.7. The van der Waals surface area contributed by atoms with Crippen molar-refractivity contribution in [1.29, 1.82) is 0 Å². The molecule has 8 nitrogen and oxygen atoms in total. The molecule has 1 amide bonds. The van der Waals surface area contributed by atoms with Gasteiger partial charge in [0, 0.05) is 17.3 Å². The molecule has 0 saturated heterocycles. The van der Waals surface area contributed by atoms with Gasteiger partial charge in [-0.25, -0.2) is 4.98 Å². The number of aromatic nitrogens is 1. The van der Waals surface area contributed by atoms with E-state index in [1.54, 1.807) is 49.4 Å². The molecule has 0 fully saturated rings. The van der Waals surface area contributed by atoms with Gasteiger partial charge in [0.2, 0.25) is 5.78 Å². The van der Waals surface area contributed by atoms with Gasteiger partial charge in [0.1, 0.15) is 0 Å². The van der Waals surface area contributed by atoms with Crippen molar-refractivity contribution in [2.24, 2.45) is 0 Å². The molecule has 2 aromatic carbocycles. The van der Waals surface area contributed by atoms with Crippen LogP contribution in [-0.2, 0) is 4.79 Å². The summed E-state index contributed by atoms with van der Waals surface area (Å²) in [5.41, 5.74) is 1.11. The maximum absolute atomic E-state index is 13.8. The number of aryl methyl sites for hydroxylation is 1. The summed E-state index contributed by atoms with van der Waals surface area (Å²) in [4.78, 5) is 45.1. The lowest BCUT2D eigenvalue weighted by molar-refractivity contribution is -0.117.